The molecular weight excluding hydrogens is 869 g/mol. The van der Waals surface area contributed by atoms with E-state index in [4.69, 9.17) is 35.5 Å². The van der Waals surface area contributed by atoms with E-state index in [1.165, 1.54) is 22.3 Å². The van der Waals surface area contributed by atoms with Gasteiger partial charge in [0.05, 0.1) is 49.4 Å². The van der Waals surface area contributed by atoms with Gasteiger partial charge in [0.25, 0.3) is 5.91 Å². The summed E-state index contributed by atoms with van der Waals surface area (Å²) < 4.78 is 37.7. The Morgan fingerprint density at radius 1 is 0.938 bits per heavy atom. The third-order valence-electron chi connectivity index (χ3n) is 11.4. The number of nitrogens with zero attached hydrogens (tertiary/aromatic N) is 3. The van der Waals surface area contributed by atoms with E-state index in [0.717, 1.165) is 10.8 Å². The van der Waals surface area contributed by atoms with Crippen LogP contribution in [0.1, 0.15) is 73.0 Å². The Hall–Kier alpha value is -5.53. The fourth-order valence-corrected chi connectivity index (χ4v) is 8.78. The molecule has 1 aliphatic carbocycles. The van der Waals surface area contributed by atoms with Crippen molar-refractivity contribution in [3.05, 3.63) is 93.8 Å². The molecule has 1 unspecified atom stereocenters. The van der Waals surface area contributed by atoms with Gasteiger partial charge in [0.15, 0.2) is 16.7 Å². The number of amides is 5. The highest BCUT2D eigenvalue weighted by Gasteiger charge is 2.43. The number of hydrogen-bond acceptors (Lipinski definition) is 13. The largest absolute Gasteiger partial charge is 0.487 e. The SMILES string of the molecule is O=C1CCC(N2Cc3c(NC(=O)CCOCCCOCCOCCNC(=O)C4(Cc5cccc(Nc6nccs6)n5)CCC(Oc5cccc(Cl)c5F)CC4)cccc3C2=O)C(=O)N1. The summed E-state index contributed by atoms with van der Waals surface area (Å²) >= 11 is 7.44. The first-order valence-electron chi connectivity index (χ1n) is 21.4. The van der Waals surface area contributed by atoms with Crippen LogP contribution < -0.4 is 26.0 Å². The standard InChI is InChI=1S/C45H51ClFN7O9S/c46-33-7-3-9-36(40(33)47)63-30-13-16-45(17-14-30,27-29-5-1-10-37(50-29)52-44-49-19-26-64-44)43(59)48-18-23-62-25-24-61-21-4-20-60-22-15-39(56)51-34-8-2-6-31-32(34)28-54(42(31)58)35-11-12-38(55)53-41(35)57/h1-3,5-10,19,26,30,35H,4,11-18,20-25,27-28H2,(H,48,59)(H,51,56)(H,49,50,52)(H,53,55,57). The van der Waals surface area contributed by atoms with Gasteiger partial charge in [-0.1, -0.05) is 29.8 Å². The van der Waals surface area contributed by atoms with Crippen molar-refractivity contribution < 1.29 is 47.3 Å². The molecule has 1 saturated heterocycles. The number of aromatic nitrogens is 2. The average molecular weight is 920 g/mol. The highest BCUT2D eigenvalue weighted by molar-refractivity contribution is 7.13. The number of hydrogen-bond donors (Lipinski definition) is 4. The Balaban J connectivity index is 0.773. The summed E-state index contributed by atoms with van der Waals surface area (Å²) in [6.45, 7) is 2.48. The van der Waals surface area contributed by atoms with Crippen LogP contribution in [0.4, 0.5) is 21.0 Å². The van der Waals surface area contributed by atoms with Gasteiger partial charge >= 0.3 is 0 Å². The smallest absolute Gasteiger partial charge is 0.255 e. The molecule has 64 heavy (non-hydrogen) atoms. The Labute approximate surface area is 378 Å². The van der Waals surface area contributed by atoms with E-state index in [9.17, 15) is 28.4 Å². The number of anilines is 3. The second kappa shape index (κ2) is 22.4. The molecule has 16 nitrogen and oxygen atoms in total. The van der Waals surface area contributed by atoms with Gasteiger partial charge in [0.2, 0.25) is 23.6 Å². The van der Waals surface area contributed by atoms with Crippen molar-refractivity contribution in [1.29, 1.82) is 0 Å². The third-order valence-corrected chi connectivity index (χ3v) is 12.4. The Kier molecular flexibility index (Phi) is 16.3. The number of carbonyl (C=O) groups excluding carboxylic acids is 5. The number of fused-ring (bicyclic) bond motifs is 1. The molecule has 0 spiro atoms. The number of rotatable bonds is 22. The zero-order valence-corrected chi connectivity index (χ0v) is 36.8. The quantitative estimate of drug-likeness (QED) is 0.0533. The van der Waals surface area contributed by atoms with Crippen molar-refractivity contribution in [3.8, 4) is 5.75 Å². The number of thiazole rings is 1. The van der Waals surface area contributed by atoms with Gasteiger partial charge in [0.1, 0.15) is 11.9 Å². The minimum atomic E-state index is -0.762. The van der Waals surface area contributed by atoms with Gasteiger partial charge < -0.3 is 39.8 Å². The Bertz CT molecular complexity index is 2280. The van der Waals surface area contributed by atoms with Gasteiger partial charge in [-0.25, -0.2) is 14.4 Å². The molecule has 1 atom stereocenters. The highest BCUT2D eigenvalue weighted by Crippen LogP contribution is 2.41. The monoisotopic (exact) mass is 919 g/mol. The summed E-state index contributed by atoms with van der Waals surface area (Å²) in [6.07, 6.45) is 5.09. The van der Waals surface area contributed by atoms with Crippen LogP contribution in [-0.2, 0) is 46.4 Å². The normalized spacial score (nSPS) is 19.5. The maximum Gasteiger partial charge on any atom is 0.255 e. The van der Waals surface area contributed by atoms with Crippen molar-refractivity contribution in [2.45, 2.75) is 76.5 Å². The molecule has 4 aromatic rings. The topological polar surface area (TPSA) is 199 Å². The molecule has 2 aromatic heterocycles. The van der Waals surface area contributed by atoms with Crippen LogP contribution in [0.5, 0.6) is 5.75 Å². The average Bonchev–Trinajstić information content (AvgIpc) is 3.92. The molecule has 2 aromatic carbocycles. The molecule has 5 amide bonds. The van der Waals surface area contributed by atoms with Crippen LogP contribution in [0.25, 0.3) is 0 Å². The van der Waals surface area contributed by atoms with Gasteiger partial charge in [-0.3, -0.25) is 29.3 Å². The second-order valence-corrected chi connectivity index (χ2v) is 17.1. The van der Waals surface area contributed by atoms with E-state index in [-0.39, 0.29) is 72.9 Å². The number of pyridine rings is 1. The van der Waals surface area contributed by atoms with Crippen molar-refractivity contribution in [1.82, 2.24) is 25.5 Å². The zero-order valence-electron chi connectivity index (χ0n) is 35.2. The van der Waals surface area contributed by atoms with E-state index >= 15 is 0 Å². The lowest BCUT2D eigenvalue weighted by atomic mass is 9.69. The lowest BCUT2D eigenvalue weighted by Gasteiger charge is -2.39. The van der Waals surface area contributed by atoms with E-state index in [0.29, 0.717) is 101 Å². The third kappa shape index (κ3) is 12.2. The number of piperidine rings is 1. The minimum absolute atomic E-state index is 0.00527. The fraction of sp³-hybridized carbons (Fsp3) is 0.444. The second-order valence-electron chi connectivity index (χ2n) is 15.8. The van der Waals surface area contributed by atoms with Crippen LogP contribution in [0, 0.1) is 11.2 Å². The van der Waals surface area contributed by atoms with Crippen molar-refractivity contribution >= 4 is 69.1 Å². The molecule has 7 rings (SSSR count). The van der Waals surface area contributed by atoms with Crippen molar-refractivity contribution in [2.24, 2.45) is 5.41 Å². The Morgan fingerprint density at radius 2 is 1.70 bits per heavy atom. The first kappa shape index (κ1) is 46.5. The fourth-order valence-electron chi connectivity index (χ4n) is 8.08. The van der Waals surface area contributed by atoms with Gasteiger partial charge in [-0.05, 0) is 74.9 Å². The van der Waals surface area contributed by atoms with Gasteiger partial charge in [-0.15, -0.1) is 11.3 Å². The molecule has 4 heterocycles. The summed E-state index contributed by atoms with van der Waals surface area (Å²) in [4.78, 5) is 74.2. The number of nitrogens with one attached hydrogen (secondary N) is 4. The van der Waals surface area contributed by atoms with E-state index in [1.54, 1.807) is 36.5 Å². The number of halogens is 2. The van der Waals surface area contributed by atoms with Gasteiger partial charge in [0, 0.05) is 73.2 Å². The van der Waals surface area contributed by atoms with Gasteiger partial charge in [-0.2, -0.15) is 0 Å². The summed E-state index contributed by atoms with van der Waals surface area (Å²) in [5.41, 5.74) is 1.55. The van der Waals surface area contributed by atoms with Crippen molar-refractivity contribution in [3.63, 3.8) is 0 Å². The number of imide groups is 1. The molecule has 2 aliphatic heterocycles. The van der Waals surface area contributed by atoms with Crippen LogP contribution in [-0.4, -0.2) is 103 Å². The summed E-state index contributed by atoms with van der Waals surface area (Å²) in [6, 6.07) is 14.7. The lowest BCUT2D eigenvalue weighted by Crippen LogP contribution is -2.52. The number of benzene rings is 2. The minimum Gasteiger partial charge on any atom is -0.487 e. The number of ether oxygens (including phenoxy) is 4. The highest BCUT2D eigenvalue weighted by atomic mass is 35.5. The molecule has 3 aliphatic rings. The van der Waals surface area contributed by atoms with Crippen molar-refractivity contribution in [2.75, 3.05) is 56.8 Å². The van der Waals surface area contributed by atoms with Crippen LogP contribution in [0.3, 0.4) is 0 Å². The maximum atomic E-state index is 14.6. The van der Waals surface area contributed by atoms with Crippen LogP contribution in [0.15, 0.2) is 66.2 Å². The first-order valence-corrected chi connectivity index (χ1v) is 22.7. The predicted octanol–water partition coefficient (Wildman–Crippen LogP) is 5.97. The molecule has 340 valence electrons. The predicted molar refractivity (Wildman–Crippen MR) is 236 cm³/mol. The van der Waals surface area contributed by atoms with Crippen LogP contribution in [0.2, 0.25) is 5.02 Å². The first-order chi connectivity index (χ1) is 31.1. The summed E-state index contributed by atoms with van der Waals surface area (Å²) in [7, 11) is 0. The molecule has 0 bridgehead atoms. The lowest BCUT2D eigenvalue weighted by molar-refractivity contribution is -0.137. The molecule has 4 N–H and O–H groups in total. The number of carbonyl (C=O) groups is 5. The molecule has 0 radical (unpaired) electrons. The molecule has 19 heteroatoms. The Morgan fingerprint density at radius 3 is 2.48 bits per heavy atom. The summed E-state index contributed by atoms with van der Waals surface area (Å²) in [5.74, 6) is -1.39. The maximum absolute atomic E-state index is 14.6. The molecule has 2 fully saturated rings. The zero-order chi connectivity index (χ0) is 44.9. The molecular formula is C45H51ClFN7O9S. The van der Waals surface area contributed by atoms with E-state index < -0.39 is 23.2 Å². The van der Waals surface area contributed by atoms with E-state index in [2.05, 4.69) is 26.3 Å². The molecule has 1 saturated carbocycles. The van der Waals surface area contributed by atoms with E-state index in [1.807, 2.05) is 23.6 Å². The summed E-state index contributed by atoms with van der Waals surface area (Å²) in [5, 5.41) is 14.0. The van der Waals surface area contributed by atoms with Crippen LogP contribution >= 0.6 is 22.9 Å².